The van der Waals surface area contributed by atoms with Crippen LogP contribution < -0.4 is 0 Å². The molecule has 0 spiro atoms. The number of hydrogen-bond acceptors (Lipinski definition) is 2. The lowest BCUT2D eigenvalue weighted by molar-refractivity contribution is 0.0697. The minimum Gasteiger partial charge on any atom is -0.478 e. The van der Waals surface area contributed by atoms with Gasteiger partial charge in [0.2, 0.25) is 0 Å². The maximum absolute atomic E-state index is 13.7. The molecule has 17 heavy (non-hydrogen) atoms. The summed E-state index contributed by atoms with van der Waals surface area (Å²) in [6.45, 7) is 3.32. The molecule has 0 fully saturated rings. The SMILES string of the molecule is Cc1ccc(-n2cc(C(=O)O)cn2)c(C)c1F. The van der Waals surface area contributed by atoms with E-state index in [0.717, 1.165) is 0 Å². The molecule has 0 radical (unpaired) electrons. The van der Waals surface area contributed by atoms with Gasteiger partial charge in [-0.15, -0.1) is 0 Å². The number of nitrogens with zero attached hydrogens (tertiary/aromatic N) is 2. The summed E-state index contributed by atoms with van der Waals surface area (Å²) >= 11 is 0. The van der Waals surface area contributed by atoms with Crippen molar-refractivity contribution in [1.29, 1.82) is 0 Å². The summed E-state index contributed by atoms with van der Waals surface area (Å²) in [6, 6.07) is 3.35. The number of carboxylic acids is 1. The third kappa shape index (κ3) is 1.91. The second-order valence-corrected chi connectivity index (χ2v) is 3.82. The van der Waals surface area contributed by atoms with Gasteiger partial charge in [0.1, 0.15) is 5.82 Å². The Labute approximate surface area is 97.3 Å². The van der Waals surface area contributed by atoms with Gasteiger partial charge in [0.15, 0.2) is 0 Å². The van der Waals surface area contributed by atoms with Crippen molar-refractivity contribution in [3.8, 4) is 5.69 Å². The van der Waals surface area contributed by atoms with Gasteiger partial charge < -0.3 is 5.11 Å². The van der Waals surface area contributed by atoms with E-state index in [2.05, 4.69) is 5.10 Å². The molecule has 88 valence electrons. The van der Waals surface area contributed by atoms with Gasteiger partial charge in [-0.05, 0) is 25.5 Å². The lowest BCUT2D eigenvalue weighted by Crippen LogP contribution is -2.01. The zero-order valence-electron chi connectivity index (χ0n) is 9.44. The zero-order chi connectivity index (χ0) is 12.6. The Balaban J connectivity index is 2.53. The maximum atomic E-state index is 13.7. The van der Waals surface area contributed by atoms with Crippen LogP contribution in [0.3, 0.4) is 0 Å². The van der Waals surface area contributed by atoms with E-state index in [9.17, 15) is 9.18 Å². The van der Waals surface area contributed by atoms with Crippen LogP contribution in [0, 0.1) is 19.7 Å². The highest BCUT2D eigenvalue weighted by atomic mass is 19.1. The second-order valence-electron chi connectivity index (χ2n) is 3.82. The van der Waals surface area contributed by atoms with Crippen LogP contribution >= 0.6 is 0 Å². The maximum Gasteiger partial charge on any atom is 0.338 e. The van der Waals surface area contributed by atoms with E-state index in [1.54, 1.807) is 26.0 Å². The first-order valence-corrected chi connectivity index (χ1v) is 5.04. The van der Waals surface area contributed by atoms with Crippen LogP contribution in [0.5, 0.6) is 0 Å². The lowest BCUT2D eigenvalue weighted by Gasteiger charge is -2.08. The van der Waals surface area contributed by atoms with Gasteiger partial charge in [0.05, 0.1) is 17.4 Å². The van der Waals surface area contributed by atoms with Crippen LogP contribution in [0.1, 0.15) is 21.5 Å². The molecule has 4 nitrogen and oxygen atoms in total. The Bertz CT molecular complexity index is 590. The number of benzene rings is 1. The number of carboxylic acid groups (broad SMARTS) is 1. The van der Waals surface area contributed by atoms with Crippen molar-refractivity contribution in [2.45, 2.75) is 13.8 Å². The second kappa shape index (κ2) is 4.01. The van der Waals surface area contributed by atoms with Gasteiger partial charge in [0, 0.05) is 11.8 Å². The highest BCUT2D eigenvalue weighted by molar-refractivity contribution is 5.87. The Morgan fingerprint density at radius 2 is 2.12 bits per heavy atom. The Morgan fingerprint density at radius 1 is 1.41 bits per heavy atom. The van der Waals surface area contributed by atoms with Crippen molar-refractivity contribution in [2.24, 2.45) is 0 Å². The predicted octanol–water partition coefficient (Wildman–Crippen LogP) is 2.33. The van der Waals surface area contributed by atoms with E-state index >= 15 is 0 Å². The molecular formula is C12H11FN2O2. The highest BCUT2D eigenvalue weighted by Crippen LogP contribution is 2.19. The van der Waals surface area contributed by atoms with E-state index in [1.807, 2.05) is 0 Å². The standard InChI is InChI=1S/C12H11FN2O2/c1-7-3-4-10(8(2)11(7)13)15-6-9(5-14-15)12(16)17/h3-6H,1-2H3,(H,16,17). The average Bonchev–Trinajstić information content (AvgIpc) is 2.75. The highest BCUT2D eigenvalue weighted by Gasteiger charge is 2.11. The minimum atomic E-state index is -1.05. The number of aromatic nitrogens is 2. The molecule has 0 aliphatic heterocycles. The molecule has 0 atom stereocenters. The molecule has 1 aromatic heterocycles. The number of hydrogen-bond donors (Lipinski definition) is 1. The first kappa shape index (κ1) is 11.3. The number of aromatic carboxylic acids is 1. The molecule has 0 aliphatic rings. The van der Waals surface area contributed by atoms with Gasteiger partial charge in [0.25, 0.3) is 0 Å². The summed E-state index contributed by atoms with van der Waals surface area (Å²) in [7, 11) is 0. The predicted molar refractivity (Wildman–Crippen MR) is 60.0 cm³/mol. The van der Waals surface area contributed by atoms with E-state index in [4.69, 9.17) is 5.11 Å². The molecule has 2 aromatic rings. The molecule has 1 N–H and O–H groups in total. The Morgan fingerprint density at radius 3 is 2.71 bits per heavy atom. The van der Waals surface area contributed by atoms with Gasteiger partial charge in [-0.25, -0.2) is 13.9 Å². The molecule has 0 aliphatic carbocycles. The summed E-state index contributed by atoms with van der Waals surface area (Å²) in [5, 5.41) is 12.7. The van der Waals surface area contributed by atoms with Crippen molar-refractivity contribution in [2.75, 3.05) is 0 Å². The summed E-state index contributed by atoms with van der Waals surface area (Å²) in [5.74, 6) is -1.35. The Hall–Kier alpha value is -2.17. The van der Waals surface area contributed by atoms with Crippen molar-refractivity contribution >= 4 is 5.97 Å². The number of aryl methyl sites for hydroxylation is 1. The van der Waals surface area contributed by atoms with Gasteiger partial charge >= 0.3 is 5.97 Å². The van der Waals surface area contributed by atoms with Gasteiger partial charge in [-0.1, -0.05) is 6.07 Å². The molecule has 0 saturated heterocycles. The van der Waals surface area contributed by atoms with Crippen LogP contribution in [-0.4, -0.2) is 20.9 Å². The summed E-state index contributed by atoms with van der Waals surface area (Å²) < 4.78 is 15.0. The van der Waals surface area contributed by atoms with Crippen molar-refractivity contribution < 1.29 is 14.3 Å². The first-order chi connectivity index (χ1) is 8.00. The summed E-state index contributed by atoms with van der Waals surface area (Å²) in [6.07, 6.45) is 2.60. The van der Waals surface area contributed by atoms with Crippen LogP contribution in [-0.2, 0) is 0 Å². The van der Waals surface area contributed by atoms with Crippen LogP contribution in [0.4, 0.5) is 4.39 Å². The largest absolute Gasteiger partial charge is 0.478 e. The number of carbonyl (C=O) groups is 1. The van der Waals surface area contributed by atoms with Crippen LogP contribution in [0.2, 0.25) is 0 Å². The van der Waals surface area contributed by atoms with Crippen molar-refractivity contribution in [1.82, 2.24) is 9.78 Å². The van der Waals surface area contributed by atoms with Crippen molar-refractivity contribution in [3.05, 3.63) is 47.0 Å². The fraction of sp³-hybridized carbons (Fsp3) is 0.167. The van der Waals surface area contributed by atoms with E-state index in [-0.39, 0.29) is 11.4 Å². The molecular weight excluding hydrogens is 223 g/mol. The Kier molecular flexibility index (Phi) is 2.67. The summed E-state index contributed by atoms with van der Waals surface area (Å²) in [5.41, 5.74) is 1.62. The number of halogens is 1. The molecule has 2 rings (SSSR count). The normalized spacial score (nSPS) is 10.5. The average molecular weight is 234 g/mol. The van der Waals surface area contributed by atoms with E-state index < -0.39 is 5.97 Å². The van der Waals surface area contributed by atoms with E-state index in [0.29, 0.717) is 16.8 Å². The third-order valence-electron chi connectivity index (χ3n) is 2.63. The fourth-order valence-corrected chi connectivity index (χ4v) is 1.62. The van der Waals surface area contributed by atoms with Gasteiger partial charge in [-0.3, -0.25) is 0 Å². The molecule has 0 saturated carbocycles. The quantitative estimate of drug-likeness (QED) is 0.867. The molecule has 0 bridgehead atoms. The topological polar surface area (TPSA) is 55.1 Å². The first-order valence-electron chi connectivity index (χ1n) is 5.04. The van der Waals surface area contributed by atoms with Crippen LogP contribution in [0.25, 0.3) is 5.69 Å². The van der Waals surface area contributed by atoms with Crippen molar-refractivity contribution in [3.63, 3.8) is 0 Å². The molecule has 0 amide bonds. The molecule has 1 aromatic carbocycles. The molecule has 5 heteroatoms. The smallest absolute Gasteiger partial charge is 0.338 e. The van der Waals surface area contributed by atoms with Gasteiger partial charge in [-0.2, -0.15) is 5.10 Å². The lowest BCUT2D eigenvalue weighted by atomic mass is 10.1. The molecule has 0 unspecified atom stereocenters. The summed E-state index contributed by atoms with van der Waals surface area (Å²) in [4.78, 5) is 10.7. The molecule has 1 heterocycles. The monoisotopic (exact) mass is 234 g/mol. The minimum absolute atomic E-state index is 0.0744. The van der Waals surface area contributed by atoms with E-state index in [1.165, 1.54) is 17.1 Å². The number of rotatable bonds is 2. The zero-order valence-corrected chi connectivity index (χ0v) is 9.44. The third-order valence-corrected chi connectivity index (χ3v) is 2.63. The fourth-order valence-electron chi connectivity index (χ4n) is 1.62. The van der Waals surface area contributed by atoms with Crippen LogP contribution in [0.15, 0.2) is 24.5 Å².